The van der Waals surface area contributed by atoms with Crippen molar-refractivity contribution in [2.75, 3.05) is 7.11 Å². The van der Waals surface area contributed by atoms with Gasteiger partial charge in [-0.15, -0.1) is 12.4 Å². The minimum Gasteiger partial charge on any atom is -0.497 e. The summed E-state index contributed by atoms with van der Waals surface area (Å²) in [4.78, 5) is 4.47. The number of rotatable bonds is 4. The predicted octanol–water partition coefficient (Wildman–Crippen LogP) is 3.08. The van der Waals surface area contributed by atoms with Crippen molar-refractivity contribution in [3.05, 3.63) is 42.4 Å². The molecule has 1 fully saturated rings. The Morgan fingerprint density at radius 3 is 2.56 bits per heavy atom. The summed E-state index contributed by atoms with van der Waals surface area (Å²) in [5, 5.41) is 8.58. The van der Waals surface area contributed by atoms with E-state index in [1.165, 1.54) is 0 Å². The highest BCUT2D eigenvalue weighted by atomic mass is 35.5. The van der Waals surface area contributed by atoms with Gasteiger partial charge in [0.25, 0.3) is 5.89 Å². The van der Waals surface area contributed by atoms with Crippen LogP contribution < -0.4 is 10.5 Å². The molecule has 8 heteroatoms. The first-order valence-electron chi connectivity index (χ1n) is 8.01. The van der Waals surface area contributed by atoms with Crippen molar-refractivity contribution in [3.63, 3.8) is 0 Å². The smallest absolute Gasteiger partial charge is 0.278 e. The van der Waals surface area contributed by atoms with Crippen molar-refractivity contribution >= 4 is 12.4 Å². The van der Waals surface area contributed by atoms with E-state index in [2.05, 4.69) is 15.2 Å². The zero-order valence-electron chi connectivity index (χ0n) is 13.9. The average molecular weight is 362 g/mol. The predicted molar refractivity (Wildman–Crippen MR) is 95.0 cm³/mol. The third-order valence-corrected chi connectivity index (χ3v) is 4.51. The summed E-state index contributed by atoms with van der Waals surface area (Å²) in [5.41, 5.74) is 7.47. The number of methoxy groups -OCH3 is 1. The molecular weight excluding hydrogens is 342 g/mol. The molecule has 4 rings (SSSR count). The first-order valence-corrected chi connectivity index (χ1v) is 8.01. The van der Waals surface area contributed by atoms with Gasteiger partial charge >= 0.3 is 0 Å². The van der Waals surface area contributed by atoms with E-state index in [9.17, 15) is 0 Å². The Morgan fingerprint density at radius 1 is 1.16 bits per heavy atom. The summed E-state index contributed by atoms with van der Waals surface area (Å²) < 4.78 is 12.3. The van der Waals surface area contributed by atoms with E-state index in [-0.39, 0.29) is 12.4 Å². The van der Waals surface area contributed by atoms with Gasteiger partial charge in [0, 0.05) is 6.20 Å². The molecular formula is C17H20ClN5O2. The zero-order chi connectivity index (χ0) is 16.6. The lowest BCUT2D eigenvalue weighted by atomic mass is 9.99. The molecule has 0 unspecified atom stereocenters. The molecule has 1 saturated carbocycles. The topological polar surface area (TPSA) is 92.0 Å². The monoisotopic (exact) mass is 361 g/mol. The van der Waals surface area contributed by atoms with Gasteiger partial charge in [-0.3, -0.25) is 0 Å². The Balaban J connectivity index is 0.00000182. The summed E-state index contributed by atoms with van der Waals surface area (Å²) >= 11 is 0. The van der Waals surface area contributed by atoms with E-state index < -0.39 is 5.54 Å². The SMILES string of the molecule is COc1ccc(-n2ccc(-c3nc(C4(N)CCCC4)no3)n2)cc1.Cl. The number of halogens is 1. The molecule has 0 atom stereocenters. The number of ether oxygens (including phenoxy) is 1. The fourth-order valence-corrected chi connectivity index (χ4v) is 3.08. The Hall–Kier alpha value is -2.38. The van der Waals surface area contributed by atoms with Crippen molar-refractivity contribution in [2.45, 2.75) is 31.2 Å². The first-order chi connectivity index (χ1) is 11.7. The van der Waals surface area contributed by atoms with Crippen molar-refractivity contribution in [1.82, 2.24) is 19.9 Å². The highest BCUT2D eigenvalue weighted by Crippen LogP contribution is 2.35. The van der Waals surface area contributed by atoms with Crippen LogP contribution >= 0.6 is 12.4 Å². The maximum Gasteiger partial charge on any atom is 0.278 e. The van der Waals surface area contributed by atoms with Crippen LogP contribution in [0.2, 0.25) is 0 Å². The lowest BCUT2D eigenvalue weighted by Crippen LogP contribution is -2.34. The summed E-state index contributed by atoms with van der Waals surface area (Å²) in [7, 11) is 1.64. The lowest BCUT2D eigenvalue weighted by Gasteiger charge is -2.17. The molecule has 7 nitrogen and oxygen atoms in total. The highest BCUT2D eigenvalue weighted by Gasteiger charge is 2.36. The molecule has 132 valence electrons. The molecule has 0 aliphatic heterocycles. The van der Waals surface area contributed by atoms with Crippen LogP contribution in [-0.2, 0) is 5.54 Å². The second-order valence-electron chi connectivity index (χ2n) is 6.13. The van der Waals surface area contributed by atoms with Gasteiger partial charge in [0.15, 0.2) is 11.5 Å². The van der Waals surface area contributed by atoms with Crippen LogP contribution in [0, 0.1) is 0 Å². The molecule has 1 aromatic carbocycles. The Morgan fingerprint density at radius 2 is 1.88 bits per heavy atom. The normalized spacial score (nSPS) is 15.8. The van der Waals surface area contributed by atoms with Gasteiger partial charge in [-0.1, -0.05) is 18.0 Å². The van der Waals surface area contributed by atoms with Crippen LogP contribution in [-0.4, -0.2) is 27.0 Å². The maximum atomic E-state index is 6.37. The van der Waals surface area contributed by atoms with E-state index in [0.29, 0.717) is 17.4 Å². The number of hydrogen-bond acceptors (Lipinski definition) is 6. The molecule has 0 bridgehead atoms. The molecule has 1 aliphatic carbocycles. The molecule has 2 heterocycles. The summed E-state index contributed by atoms with van der Waals surface area (Å²) in [6.45, 7) is 0. The molecule has 25 heavy (non-hydrogen) atoms. The zero-order valence-corrected chi connectivity index (χ0v) is 14.7. The third-order valence-electron chi connectivity index (χ3n) is 4.51. The molecule has 3 aromatic rings. The molecule has 0 saturated heterocycles. The van der Waals surface area contributed by atoms with Gasteiger partial charge < -0.3 is 15.0 Å². The van der Waals surface area contributed by atoms with Crippen molar-refractivity contribution in [2.24, 2.45) is 5.73 Å². The minimum atomic E-state index is -0.458. The molecule has 1 aliphatic rings. The van der Waals surface area contributed by atoms with Crippen LogP contribution in [0.3, 0.4) is 0 Å². The van der Waals surface area contributed by atoms with E-state index in [1.807, 2.05) is 36.5 Å². The van der Waals surface area contributed by atoms with Gasteiger partial charge in [0.05, 0.1) is 18.3 Å². The van der Waals surface area contributed by atoms with Gasteiger partial charge in [0.1, 0.15) is 5.75 Å². The number of nitrogens with zero attached hydrogens (tertiary/aromatic N) is 4. The van der Waals surface area contributed by atoms with Crippen LogP contribution in [0.15, 0.2) is 41.1 Å². The van der Waals surface area contributed by atoms with Crippen LogP contribution in [0.4, 0.5) is 0 Å². The number of benzene rings is 1. The Labute approximate surface area is 151 Å². The molecule has 0 spiro atoms. The van der Waals surface area contributed by atoms with E-state index in [0.717, 1.165) is 37.1 Å². The quantitative estimate of drug-likeness (QED) is 0.767. The number of aromatic nitrogens is 4. The van der Waals surface area contributed by atoms with Crippen molar-refractivity contribution in [1.29, 1.82) is 0 Å². The van der Waals surface area contributed by atoms with E-state index in [4.69, 9.17) is 15.0 Å². The van der Waals surface area contributed by atoms with Crippen molar-refractivity contribution < 1.29 is 9.26 Å². The molecule has 0 radical (unpaired) electrons. The second kappa shape index (κ2) is 6.85. The van der Waals surface area contributed by atoms with Crippen LogP contribution in [0.25, 0.3) is 17.3 Å². The minimum absolute atomic E-state index is 0. The second-order valence-corrected chi connectivity index (χ2v) is 6.13. The van der Waals surface area contributed by atoms with E-state index in [1.54, 1.807) is 11.8 Å². The maximum absolute atomic E-state index is 6.37. The summed E-state index contributed by atoms with van der Waals surface area (Å²) in [5.74, 6) is 1.78. The largest absolute Gasteiger partial charge is 0.497 e. The third kappa shape index (κ3) is 3.25. The summed E-state index contributed by atoms with van der Waals surface area (Å²) in [6.07, 6.45) is 5.85. The first kappa shape index (κ1) is 17.4. The van der Waals surface area contributed by atoms with Gasteiger partial charge in [-0.25, -0.2) is 4.68 Å². The van der Waals surface area contributed by atoms with Gasteiger partial charge in [-0.05, 0) is 43.2 Å². The Bertz CT molecular complexity index is 837. The number of nitrogens with two attached hydrogens (primary N) is 1. The van der Waals surface area contributed by atoms with Gasteiger partial charge in [-0.2, -0.15) is 10.1 Å². The van der Waals surface area contributed by atoms with Gasteiger partial charge in [0.2, 0.25) is 0 Å². The molecule has 0 amide bonds. The van der Waals surface area contributed by atoms with Crippen molar-refractivity contribution in [3.8, 4) is 23.0 Å². The van der Waals surface area contributed by atoms with E-state index >= 15 is 0 Å². The fourth-order valence-electron chi connectivity index (χ4n) is 3.08. The standard InChI is InChI=1S/C17H19N5O2.ClH/c1-23-13-6-4-12(5-7-13)22-11-8-14(20-22)15-19-16(21-24-15)17(18)9-2-3-10-17;/h4-8,11H,2-3,9-10,18H2,1H3;1H. The lowest BCUT2D eigenvalue weighted by molar-refractivity contribution is 0.372. The summed E-state index contributed by atoms with van der Waals surface area (Å²) in [6, 6.07) is 9.49. The highest BCUT2D eigenvalue weighted by molar-refractivity contribution is 5.85. The molecule has 2 aromatic heterocycles. The van der Waals surface area contributed by atoms with Crippen LogP contribution in [0.1, 0.15) is 31.5 Å². The molecule has 2 N–H and O–H groups in total. The Kier molecular flexibility index (Phi) is 4.78. The fraction of sp³-hybridized carbons (Fsp3) is 0.353. The number of hydrogen-bond donors (Lipinski definition) is 1. The average Bonchev–Trinajstić information content (AvgIpc) is 3.35. The van der Waals surface area contributed by atoms with Crippen LogP contribution in [0.5, 0.6) is 5.75 Å².